The van der Waals surface area contributed by atoms with E-state index >= 15 is 0 Å². The molecule has 1 aliphatic carbocycles. The lowest BCUT2D eigenvalue weighted by atomic mass is 9.94. The second kappa shape index (κ2) is 5.06. The normalized spacial score (nSPS) is 18.4. The van der Waals surface area contributed by atoms with Crippen LogP contribution in [0.2, 0.25) is 0 Å². The van der Waals surface area contributed by atoms with Crippen molar-refractivity contribution in [3.63, 3.8) is 0 Å². The fourth-order valence-electron chi connectivity index (χ4n) is 2.58. The van der Waals surface area contributed by atoms with Gasteiger partial charge in [-0.25, -0.2) is 0 Å². The quantitative estimate of drug-likeness (QED) is 0.790. The number of anilines is 1. The second-order valence-corrected chi connectivity index (χ2v) is 6.62. The molecule has 1 aromatic heterocycles. The van der Waals surface area contributed by atoms with Gasteiger partial charge >= 0.3 is 0 Å². The Morgan fingerprint density at radius 1 is 1.33 bits per heavy atom. The number of fused-ring (bicyclic) bond motifs is 1. The van der Waals surface area contributed by atoms with Crippen LogP contribution in [0.5, 0.6) is 0 Å². The maximum atomic E-state index is 3.69. The summed E-state index contributed by atoms with van der Waals surface area (Å²) >= 11 is 5.57. The Bertz CT molecular complexity index is 561. The smallest absolute Gasteiger partial charge is 0.0525 e. The van der Waals surface area contributed by atoms with Crippen molar-refractivity contribution in [3.05, 3.63) is 50.1 Å². The van der Waals surface area contributed by atoms with E-state index in [1.165, 1.54) is 40.5 Å². The van der Waals surface area contributed by atoms with Crippen LogP contribution in [0.25, 0.3) is 0 Å². The molecule has 0 bridgehead atoms. The number of rotatable bonds is 2. The van der Waals surface area contributed by atoms with Crippen molar-refractivity contribution in [2.24, 2.45) is 0 Å². The van der Waals surface area contributed by atoms with Gasteiger partial charge in [0, 0.05) is 15.0 Å². The van der Waals surface area contributed by atoms with E-state index in [1.54, 1.807) is 4.88 Å². The number of thiophene rings is 1. The van der Waals surface area contributed by atoms with Gasteiger partial charge in [0.2, 0.25) is 0 Å². The van der Waals surface area contributed by atoms with Crippen molar-refractivity contribution in [2.75, 3.05) is 5.32 Å². The van der Waals surface area contributed by atoms with Crippen LogP contribution in [0.1, 0.15) is 34.9 Å². The molecule has 1 atom stereocenters. The Kier molecular flexibility index (Phi) is 3.44. The summed E-state index contributed by atoms with van der Waals surface area (Å²) in [6.45, 7) is 2.13. The highest BCUT2D eigenvalue weighted by molar-refractivity contribution is 9.10. The Labute approximate surface area is 120 Å². The van der Waals surface area contributed by atoms with E-state index < -0.39 is 0 Å². The summed E-state index contributed by atoms with van der Waals surface area (Å²) in [5.74, 6) is 0. The van der Waals surface area contributed by atoms with Crippen LogP contribution in [-0.2, 0) is 6.42 Å². The van der Waals surface area contributed by atoms with Crippen LogP contribution in [0, 0.1) is 6.92 Å². The molecule has 0 amide bonds. The van der Waals surface area contributed by atoms with E-state index in [-0.39, 0.29) is 0 Å². The summed E-state index contributed by atoms with van der Waals surface area (Å²) < 4.78 is 1.19. The average Bonchev–Trinajstić information content (AvgIpc) is 2.84. The first kappa shape index (κ1) is 12.2. The van der Waals surface area contributed by atoms with Crippen LogP contribution in [0.4, 0.5) is 5.69 Å². The molecule has 3 rings (SSSR count). The zero-order chi connectivity index (χ0) is 12.5. The standard InChI is InChI=1S/C15H16BrNS/c1-10-4-2-6-13(15(10)16)17-12-5-3-7-14-11(12)8-9-18-14/h2,4,6,8-9,12,17H,3,5,7H2,1H3. The topological polar surface area (TPSA) is 12.0 Å². The van der Waals surface area contributed by atoms with E-state index in [4.69, 9.17) is 0 Å². The predicted octanol–water partition coefficient (Wildman–Crippen LogP) is 5.31. The van der Waals surface area contributed by atoms with Gasteiger partial charge in [-0.15, -0.1) is 11.3 Å². The van der Waals surface area contributed by atoms with Gasteiger partial charge in [0.15, 0.2) is 0 Å². The predicted molar refractivity (Wildman–Crippen MR) is 82.5 cm³/mol. The van der Waals surface area contributed by atoms with Crippen LogP contribution >= 0.6 is 27.3 Å². The van der Waals surface area contributed by atoms with Crippen molar-refractivity contribution in [1.29, 1.82) is 0 Å². The molecule has 0 radical (unpaired) electrons. The van der Waals surface area contributed by atoms with Gasteiger partial charge in [-0.2, -0.15) is 0 Å². The van der Waals surface area contributed by atoms with Crippen molar-refractivity contribution >= 4 is 33.0 Å². The Morgan fingerprint density at radius 2 is 2.22 bits per heavy atom. The van der Waals surface area contributed by atoms with Gasteiger partial charge in [0.1, 0.15) is 0 Å². The van der Waals surface area contributed by atoms with Crippen LogP contribution in [0.15, 0.2) is 34.1 Å². The van der Waals surface area contributed by atoms with Gasteiger partial charge in [0.05, 0.1) is 6.04 Å². The van der Waals surface area contributed by atoms with Gasteiger partial charge in [0.25, 0.3) is 0 Å². The second-order valence-electron chi connectivity index (χ2n) is 4.82. The number of hydrogen-bond donors (Lipinski definition) is 1. The monoisotopic (exact) mass is 321 g/mol. The molecule has 1 aliphatic rings. The lowest BCUT2D eigenvalue weighted by Crippen LogP contribution is -2.15. The molecule has 0 fully saturated rings. The highest BCUT2D eigenvalue weighted by atomic mass is 79.9. The summed E-state index contributed by atoms with van der Waals surface area (Å²) in [5, 5.41) is 5.91. The first-order valence-corrected chi connectivity index (χ1v) is 8.01. The fourth-order valence-corrected chi connectivity index (χ4v) is 3.95. The zero-order valence-corrected chi connectivity index (χ0v) is 12.8. The van der Waals surface area contributed by atoms with Crippen molar-refractivity contribution in [2.45, 2.75) is 32.2 Å². The molecule has 1 N–H and O–H groups in total. The van der Waals surface area contributed by atoms with Gasteiger partial charge in [-0.05, 0) is 70.8 Å². The summed E-state index contributed by atoms with van der Waals surface area (Å²) in [4.78, 5) is 1.56. The number of halogens is 1. The van der Waals surface area contributed by atoms with Gasteiger partial charge in [-0.1, -0.05) is 12.1 Å². The third-order valence-corrected chi connectivity index (χ3v) is 5.62. The highest BCUT2D eigenvalue weighted by Gasteiger charge is 2.21. The minimum atomic E-state index is 0.470. The zero-order valence-electron chi connectivity index (χ0n) is 10.4. The summed E-state index contributed by atoms with van der Waals surface area (Å²) in [7, 11) is 0. The maximum Gasteiger partial charge on any atom is 0.0525 e. The molecular formula is C15H16BrNS. The number of nitrogens with one attached hydrogen (secondary N) is 1. The summed E-state index contributed by atoms with van der Waals surface area (Å²) in [5.41, 5.74) is 3.99. The van der Waals surface area contributed by atoms with E-state index in [2.05, 4.69) is 57.8 Å². The molecule has 1 aromatic carbocycles. The lowest BCUT2D eigenvalue weighted by molar-refractivity contribution is 0.608. The van der Waals surface area contributed by atoms with Crippen LogP contribution in [0.3, 0.4) is 0 Å². The van der Waals surface area contributed by atoms with Crippen molar-refractivity contribution in [3.8, 4) is 0 Å². The number of benzene rings is 1. The molecule has 1 unspecified atom stereocenters. The molecule has 0 saturated heterocycles. The average molecular weight is 322 g/mol. The molecular weight excluding hydrogens is 306 g/mol. The number of hydrogen-bond acceptors (Lipinski definition) is 2. The molecule has 0 spiro atoms. The third kappa shape index (κ3) is 2.21. The largest absolute Gasteiger partial charge is 0.377 e. The molecule has 1 nitrogen and oxygen atoms in total. The SMILES string of the molecule is Cc1cccc(NC2CCCc3sccc32)c1Br. The third-order valence-electron chi connectivity index (χ3n) is 3.57. The van der Waals surface area contributed by atoms with E-state index in [0.717, 1.165) is 0 Å². The highest BCUT2D eigenvalue weighted by Crippen LogP contribution is 2.37. The molecule has 1 heterocycles. The van der Waals surface area contributed by atoms with E-state index in [9.17, 15) is 0 Å². The van der Waals surface area contributed by atoms with Crippen LogP contribution in [-0.4, -0.2) is 0 Å². The summed E-state index contributed by atoms with van der Waals surface area (Å²) in [6, 6.07) is 9.14. The Hall–Kier alpha value is -0.800. The summed E-state index contributed by atoms with van der Waals surface area (Å²) in [6.07, 6.45) is 3.76. The minimum absolute atomic E-state index is 0.470. The van der Waals surface area contributed by atoms with Crippen LogP contribution < -0.4 is 5.32 Å². The van der Waals surface area contributed by atoms with E-state index in [0.29, 0.717) is 6.04 Å². The molecule has 94 valence electrons. The van der Waals surface area contributed by atoms with Gasteiger partial charge in [-0.3, -0.25) is 0 Å². The molecule has 18 heavy (non-hydrogen) atoms. The molecule has 2 aromatic rings. The fraction of sp³-hybridized carbons (Fsp3) is 0.333. The van der Waals surface area contributed by atoms with Crippen molar-refractivity contribution < 1.29 is 0 Å². The Morgan fingerprint density at radius 3 is 3.11 bits per heavy atom. The lowest BCUT2D eigenvalue weighted by Gasteiger charge is -2.25. The minimum Gasteiger partial charge on any atom is -0.377 e. The number of aryl methyl sites for hydroxylation is 2. The molecule has 0 saturated carbocycles. The van der Waals surface area contributed by atoms with Crippen molar-refractivity contribution in [1.82, 2.24) is 0 Å². The molecule has 3 heteroatoms. The van der Waals surface area contributed by atoms with Gasteiger partial charge < -0.3 is 5.32 Å². The first-order valence-electron chi connectivity index (χ1n) is 6.33. The molecule has 0 aliphatic heterocycles. The first-order chi connectivity index (χ1) is 8.75. The van der Waals surface area contributed by atoms with E-state index in [1.807, 2.05) is 11.3 Å². The Balaban J connectivity index is 1.88. The maximum absolute atomic E-state index is 3.69.